The highest BCUT2D eigenvalue weighted by Crippen LogP contribution is 2.29. The maximum absolute atomic E-state index is 13.3. The van der Waals surface area contributed by atoms with E-state index in [4.69, 9.17) is 14.2 Å². The number of hydrazine groups is 1. The van der Waals surface area contributed by atoms with Crippen LogP contribution in [0.15, 0.2) is 66.7 Å². The van der Waals surface area contributed by atoms with Gasteiger partial charge in [0.15, 0.2) is 17.5 Å². The molecular weight excluding hydrogens is 453 g/mol. The first-order chi connectivity index (χ1) is 16.9. The average Bonchev–Trinajstić information content (AvgIpc) is 3.18. The van der Waals surface area contributed by atoms with Crippen LogP contribution in [0, 0.1) is 5.82 Å². The molecule has 4 rings (SSSR count). The summed E-state index contributed by atoms with van der Waals surface area (Å²) in [6, 6.07) is 16.2. The van der Waals surface area contributed by atoms with E-state index in [-0.39, 0.29) is 5.56 Å². The molecule has 0 unspecified atom stereocenters. The lowest BCUT2D eigenvalue weighted by Gasteiger charge is -2.15. The first kappa shape index (κ1) is 23.7. The van der Waals surface area contributed by atoms with Crippen molar-refractivity contribution in [1.82, 2.24) is 10.7 Å². The molecule has 0 spiro atoms. The number of hydrogen-bond donors (Lipinski definition) is 2. The molecule has 1 saturated heterocycles. The van der Waals surface area contributed by atoms with Gasteiger partial charge in [0.25, 0.3) is 5.91 Å². The monoisotopic (exact) mass is 478 g/mol. The smallest absolute Gasteiger partial charge is 0.304 e. The summed E-state index contributed by atoms with van der Waals surface area (Å²) in [5, 5.41) is 2.79. The van der Waals surface area contributed by atoms with Crippen LogP contribution in [0.3, 0.4) is 0 Å². The highest BCUT2D eigenvalue weighted by molar-refractivity contribution is 5.98. The van der Waals surface area contributed by atoms with E-state index in [0.717, 1.165) is 11.1 Å². The molecule has 0 aromatic heterocycles. The van der Waals surface area contributed by atoms with E-state index in [9.17, 15) is 14.0 Å². The van der Waals surface area contributed by atoms with E-state index in [1.165, 1.54) is 24.3 Å². The second-order valence-electron chi connectivity index (χ2n) is 7.80. The molecular formula is C26H25FN3O5+. The fraction of sp³-hybridized carbons (Fsp3) is 0.192. The van der Waals surface area contributed by atoms with Crippen LogP contribution in [0.2, 0.25) is 0 Å². The van der Waals surface area contributed by atoms with Crippen LogP contribution in [0.1, 0.15) is 27.5 Å². The number of methoxy groups -OCH3 is 3. The molecule has 0 radical (unpaired) electrons. The summed E-state index contributed by atoms with van der Waals surface area (Å²) in [6.07, 6.45) is 1.75. The molecule has 1 aliphatic heterocycles. The quantitative estimate of drug-likeness (QED) is 0.510. The predicted octanol–water partition coefficient (Wildman–Crippen LogP) is 2.87. The van der Waals surface area contributed by atoms with E-state index in [1.54, 1.807) is 56.5 Å². The zero-order valence-electron chi connectivity index (χ0n) is 19.4. The topological polar surface area (TPSA) is 88.9 Å². The van der Waals surface area contributed by atoms with Crippen LogP contribution in [0.5, 0.6) is 17.2 Å². The number of ether oxygens (including phenoxy) is 3. The van der Waals surface area contributed by atoms with Gasteiger partial charge in [0, 0.05) is 16.7 Å². The van der Waals surface area contributed by atoms with Gasteiger partial charge in [0.05, 0.1) is 21.3 Å². The molecule has 8 nitrogen and oxygen atoms in total. The van der Waals surface area contributed by atoms with Crippen molar-refractivity contribution < 1.29 is 32.9 Å². The molecule has 3 aromatic carbocycles. The van der Waals surface area contributed by atoms with Crippen LogP contribution in [0.4, 0.5) is 4.39 Å². The number of rotatable bonds is 7. The Bertz CT molecular complexity index is 1260. The second-order valence-corrected chi connectivity index (χ2v) is 7.80. The molecule has 9 heteroatoms. The van der Waals surface area contributed by atoms with Crippen molar-refractivity contribution >= 4 is 18.0 Å². The van der Waals surface area contributed by atoms with Gasteiger partial charge in [-0.05, 0) is 66.7 Å². The lowest BCUT2D eigenvalue weighted by atomic mass is 9.99. The van der Waals surface area contributed by atoms with E-state index in [0.29, 0.717) is 17.2 Å². The Balaban J connectivity index is 1.71. The van der Waals surface area contributed by atoms with Crippen LogP contribution < -0.4 is 25.0 Å². The first-order valence-corrected chi connectivity index (χ1v) is 10.8. The summed E-state index contributed by atoms with van der Waals surface area (Å²) < 4.78 is 30.9. The maximum atomic E-state index is 13.3. The minimum absolute atomic E-state index is 0.245. The van der Waals surface area contributed by atoms with Gasteiger partial charge in [0.1, 0.15) is 11.6 Å². The summed E-state index contributed by atoms with van der Waals surface area (Å²) in [5.74, 6) is 0.440. The number of nitrogens with zero attached hydrogens (tertiary/aromatic N) is 1. The number of benzene rings is 3. The molecule has 0 saturated carbocycles. The standard InChI is InChI=1S/C26H24FN3O5/c1-33-20-11-7-17(8-12-20)24-23(28-25(31)18-5-9-19(27)10-6-18)26(32)29-30(24)15-16-4-13-21(34-2)22(14-16)35-3/h4-15,23-24H,1-3H3,(H-,28,29,31,32)/p+1/b30-15-/t23-,24+/m0/s1. The van der Waals surface area contributed by atoms with Crippen molar-refractivity contribution in [2.24, 2.45) is 0 Å². The molecule has 2 amide bonds. The summed E-state index contributed by atoms with van der Waals surface area (Å²) in [4.78, 5) is 25.9. The van der Waals surface area contributed by atoms with Gasteiger partial charge in [-0.1, -0.05) is 0 Å². The van der Waals surface area contributed by atoms with Crippen LogP contribution in [0.25, 0.3) is 0 Å². The Labute approximate surface area is 201 Å². The molecule has 0 bridgehead atoms. The molecule has 1 aliphatic rings. The van der Waals surface area contributed by atoms with Crippen molar-refractivity contribution in [2.45, 2.75) is 12.1 Å². The fourth-order valence-electron chi connectivity index (χ4n) is 3.90. The normalized spacial score (nSPS) is 18.2. The zero-order valence-corrected chi connectivity index (χ0v) is 19.4. The first-order valence-electron chi connectivity index (χ1n) is 10.8. The van der Waals surface area contributed by atoms with Crippen molar-refractivity contribution in [3.8, 4) is 17.2 Å². The van der Waals surface area contributed by atoms with Gasteiger partial charge in [-0.15, -0.1) is 10.1 Å². The number of carbonyl (C=O) groups is 2. The molecule has 3 aromatic rings. The average molecular weight is 479 g/mol. The maximum Gasteiger partial charge on any atom is 0.304 e. The number of hydrogen-bond acceptors (Lipinski definition) is 5. The Hall–Kier alpha value is -4.40. The number of halogens is 1. The third-order valence-electron chi connectivity index (χ3n) is 5.68. The van der Waals surface area contributed by atoms with E-state index >= 15 is 0 Å². The van der Waals surface area contributed by atoms with Gasteiger partial charge >= 0.3 is 5.91 Å². The minimum Gasteiger partial charge on any atom is -0.497 e. The zero-order chi connectivity index (χ0) is 24.9. The van der Waals surface area contributed by atoms with Crippen molar-refractivity contribution in [3.05, 3.63) is 89.2 Å². The SMILES string of the molecule is COc1ccc([C@@H]2[C@H](NC(=O)c3ccc(F)cc3)C(=O)N/[N+]2=C\c2ccc(OC)c(OC)c2)cc1. The molecule has 2 atom stereocenters. The fourth-order valence-corrected chi connectivity index (χ4v) is 3.90. The van der Waals surface area contributed by atoms with Crippen LogP contribution in [-0.4, -0.2) is 50.1 Å². The summed E-state index contributed by atoms with van der Waals surface area (Å²) in [7, 11) is 4.66. The van der Waals surface area contributed by atoms with Gasteiger partial charge in [-0.2, -0.15) is 0 Å². The summed E-state index contributed by atoms with van der Waals surface area (Å²) in [5.41, 5.74) is 4.58. The van der Waals surface area contributed by atoms with Crippen molar-refractivity contribution in [2.75, 3.05) is 21.3 Å². The van der Waals surface area contributed by atoms with Crippen LogP contribution >= 0.6 is 0 Å². The largest absolute Gasteiger partial charge is 0.497 e. The third kappa shape index (κ3) is 5.08. The van der Waals surface area contributed by atoms with Gasteiger partial charge in [0.2, 0.25) is 12.3 Å². The Kier molecular flexibility index (Phi) is 6.96. The molecule has 35 heavy (non-hydrogen) atoms. The van der Waals surface area contributed by atoms with Crippen LogP contribution in [-0.2, 0) is 4.79 Å². The molecule has 180 valence electrons. The number of carbonyl (C=O) groups excluding carboxylic acids is 2. The lowest BCUT2D eigenvalue weighted by Crippen LogP contribution is -2.42. The second kappa shape index (κ2) is 10.3. The minimum atomic E-state index is -0.919. The molecule has 1 fully saturated rings. The molecule has 0 aliphatic carbocycles. The predicted molar refractivity (Wildman–Crippen MR) is 127 cm³/mol. The molecule has 2 N–H and O–H groups in total. The lowest BCUT2D eigenvalue weighted by molar-refractivity contribution is -0.596. The summed E-state index contributed by atoms with van der Waals surface area (Å²) >= 11 is 0. The van der Waals surface area contributed by atoms with Gasteiger partial charge in [-0.3, -0.25) is 9.59 Å². The van der Waals surface area contributed by atoms with E-state index in [1.807, 2.05) is 18.2 Å². The van der Waals surface area contributed by atoms with Gasteiger partial charge < -0.3 is 19.5 Å². The summed E-state index contributed by atoms with van der Waals surface area (Å²) in [6.45, 7) is 0. The highest BCUT2D eigenvalue weighted by Gasteiger charge is 2.47. The van der Waals surface area contributed by atoms with E-state index in [2.05, 4.69) is 10.7 Å². The van der Waals surface area contributed by atoms with Gasteiger partial charge in [-0.25, -0.2) is 4.39 Å². The number of nitrogens with one attached hydrogen (secondary N) is 2. The Morgan fingerprint density at radius 3 is 2.26 bits per heavy atom. The molecule has 1 heterocycles. The Morgan fingerprint density at radius 1 is 0.943 bits per heavy atom. The van der Waals surface area contributed by atoms with Crippen molar-refractivity contribution in [3.63, 3.8) is 0 Å². The highest BCUT2D eigenvalue weighted by atomic mass is 19.1. The Morgan fingerprint density at radius 2 is 1.63 bits per heavy atom. The van der Waals surface area contributed by atoms with E-state index < -0.39 is 29.7 Å². The number of amides is 2. The van der Waals surface area contributed by atoms with Crippen molar-refractivity contribution in [1.29, 1.82) is 0 Å². The third-order valence-corrected chi connectivity index (χ3v) is 5.68. The number of hydrazone groups is 1.